The van der Waals surface area contributed by atoms with Gasteiger partial charge in [-0.2, -0.15) is 15.3 Å². The molecule has 0 bridgehead atoms. The van der Waals surface area contributed by atoms with E-state index in [9.17, 15) is 4.79 Å². The number of nitrogens with two attached hydrogens (primary N) is 2. The molecule has 61 valence electrons. The monoisotopic (exact) mass is 165 g/mol. The average Bonchev–Trinajstić information content (AvgIpc) is 2.29. The van der Waals surface area contributed by atoms with Gasteiger partial charge in [-0.05, 0) is 0 Å². The first-order valence-electron chi connectivity index (χ1n) is 3.12. The summed E-state index contributed by atoms with van der Waals surface area (Å²) in [6, 6.07) is -0.608. The van der Waals surface area contributed by atoms with Crippen molar-refractivity contribution in [3.8, 4) is 0 Å². The van der Waals surface area contributed by atoms with Crippen LogP contribution in [0.2, 0.25) is 0 Å². The molecule has 0 aromatic rings. The van der Waals surface area contributed by atoms with E-state index >= 15 is 0 Å². The molecule has 2 amide bonds. The Morgan fingerprint density at radius 2 is 2.00 bits per heavy atom. The second kappa shape index (κ2) is 1.97. The Morgan fingerprint density at radius 1 is 1.25 bits per heavy atom. The molecule has 2 aliphatic rings. The maximum atomic E-state index is 10.7. The van der Waals surface area contributed by atoms with Crippen LogP contribution in [0.3, 0.4) is 0 Å². The van der Waals surface area contributed by atoms with Gasteiger partial charge < -0.3 is 16.8 Å². The number of guanidine groups is 1. The fourth-order valence-corrected chi connectivity index (χ4v) is 0.912. The van der Waals surface area contributed by atoms with E-state index in [1.54, 1.807) is 0 Å². The van der Waals surface area contributed by atoms with Gasteiger partial charge in [0.05, 0.1) is 0 Å². The van der Waals surface area contributed by atoms with Crippen molar-refractivity contribution in [2.24, 2.45) is 21.5 Å². The van der Waals surface area contributed by atoms with Crippen molar-refractivity contribution in [1.29, 1.82) is 0 Å². The molecule has 0 fully saturated rings. The van der Waals surface area contributed by atoms with Crippen molar-refractivity contribution >= 4 is 17.8 Å². The highest BCUT2D eigenvalue weighted by Crippen LogP contribution is 2.11. The zero-order valence-electron chi connectivity index (χ0n) is 5.90. The molecule has 0 aliphatic carbocycles. The quantitative estimate of drug-likeness (QED) is 0.391. The number of fused-ring (bicyclic) bond motifs is 1. The molecule has 0 unspecified atom stereocenters. The van der Waals surface area contributed by atoms with Crippen LogP contribution in [0, 0.1) is 0 Å². The van der Waals surface area contributed by atoms with Crippen molar-refractivity contribution in [2.45, 2.75) is 0 Å². The van der Waals surface area contributed by atoms with E-state index in [-0.39, 0.29) is 23.3 Å². The van der Waals surface area contributed by atoms with Crippen LogP contribution in [0.5, 0.6) is 0 Å². The SMILES string of the molecule is NC1=NC2=NC(=O)[N]C2=C(N)N1. The molecular weight excluding hydrogens is 160 g/mol. The van der Waals surface area contributed by atoms with Crippen molar-refractivity contribution in [1.82, 2.24) is 10.6 Å². The van der Waals surface area contributed by atoms with Crippen LogP contribution in [0.25, 0.3) is 0 Å². The molecular formula is C5H5N6O. The van der Waals surface area contributed by atoms with E-state index in [0.717, 1.165) is 0 Å². The molecule has 0 aromatic carbocycles. The van der Waals surface area contributed by atoms with Gasteiger partial charge in [0.1, 0.15) is 5.82 Å². The van der Waals surface area contributed by atoms with Crippen molar-refractivity contribution < 1.29 is 4.79 Å². The summed E-state index contributed by atoms with van der Waals surface area (Å²) in [5, 5.41) is 6.04. The number of carbonyl (C=O) groups is 1. The number of amides is 2. The van der Waals surface area contributed by atoms with Crippen LogP contribution in [0.4, 0.5) is 4.79 Å². The lowest BCUT2D eigenvalue weighted by atomic mass is 10.4. The third kappa shape index (κ3) is 0.797. The molecule has 1 radical (unpaired) electrons. The smallest absolute Gasteiger partial charge is 0.369 e. The van der Waals surface area contributed by atoms with Crippen molar-refractivity contribution in [3.05, 3.63) is 11.5 Å². The summed E-state index contributed by atoms with van der Waals surface area (Å²) < 4.78 is 0. The van der Waals surface area contributed by atoms with Gasteiger partial charge in [0, 0.05) is 0 Å². The van der Waals surface area contributed by atoms with Gasteiger partial charge >= 0.3 is 6.03 Å². The fraction of sp³-hybridized carbons (Fsp3) is 0. The molecule has 0 atom stereocenters. The lowest BCUT2D eigenvalue weighted by Gasteiger charge is -2.11. The maximum Gasteiger partial charge on any atom is 0.369 e. The van der Waals surface area contributed by atoms with E-state index in [1.165, 1.54) is 0 Å². The number of carbonyl (C=O) groups excluding carboxylic acids is 1. The topological polar surface area (TPSA) is 120 Å². The molecule has 0 saturated carbocycles. The lowest BCUT2D eigenvalue weighted by Crippen LogP contribution is -2.40. The first-order chi connectivity index (χ1) is 5.66. The van der Waals surface area contributed by atoms with Gasteiger partial charge in [0.15, 0.2) is 11.5 Å². The van der Waals surface area contributed by atoms with Crippen LogP contribution in [0.15, 0.2) is 21.5 Å². The van der Waals surface area contributed by atoms with E-state index < -0.39 is 6.03 Å². The Kier molecular flexibility index (Phi) is 1.09. The minimum atomic E-state index is -0.608. The Hall–Kier alpha value is -2.05. The van der Waals surface area contributed by atoms with E-state index in [4.69, 9.17) is 11.5 Å². The summed E-state index contributed by atoms with van der Waals surface area (Å²) in [5.74, 6) is 0.487. The van der Waals surface area contributed by atoms with Crippen LogP contribution >= 0.6 is 0 Å². The fourth-order valence-electron chi connectivity index (χ4n) is 0.912. The molecule has 2 rings (SSSR count). The van der Waals surface area contributed by atoms with Gasteiger partial charge in [-0.1, -0.05) is 0 Å². The summed E-state index contributed by atoms with van der Waals surface area (Å²) >= 11 is 0. The van der Waals surface area contributed by atoms with E-state index in [0.29, 0.717) is 0 Å². The van der Waals surface area contributed by atoms with Crippen molar-refractivity contribution in [3.63, 3.8) is 0 Å². The summed E-state index contributed by atoms with van der Waals surface area (Å²) in [6.45, 7) is 0. The summed E-state index contributed by atoms with van der Waals surface area (Å²) in [7, 11) is 0. The largest absolute Gasteiger partial charge is 0.383 e. The molecule has 5 N–H and O–H groups in total. The standard InChI is InChI=1S/C5H5N6O/c6-2-1-3(10-4(7)9-2)11-5(12)8-1/h(H5,6,7,9,10,11,12). The molecule has 2 aliphatic heterocycles. The molecule has 2 heterocycles. The molecule has 12 heavy (non-hydrogen) atoms. The number of nitrogens with one attached hydrogen (secondary N) is 1. The zero-order chi connectivity index (χ0) is 8.72. The first-order valence-corrected chi connectivity index (χ1v) is 3.12. The zero-order valence-corrected chi connectivity index (χ0v) is 5.90. The highest BCUT2D eigenvalue weighted by molar-refractivity contribution is 6.17. The number of aliphatic imine (C=N–C) groups is 2. The predicted octanol–water partition coefficient (Wildman–Crippen LogP) is -1.83. The third-order valence-corrected chi connectivity index (χ3v) is 1.37. The molecule has 7 heteroatoms. The van der Waals surface area contributed by atoms with Gasteiger partial charge in [-0.25, -0.2) is 4.79 Å². The summed E-state index contributed by atoms with van der Waals surface area (Å²) in [4.78, 5) is 17.9. The minimum Gasteiger partial charge on any atom is -0.383 e. The third-order valence-electron chi connectivity index (χ3n) is 1.37. The van der Waals surface area contributed by atoms with Crippen LogP contribution in [0.1, 0.15) is 0 Å². The van der Waals surface area contributed by atoms with E-state index in [1.807, 2.05) is 0 Å². The minimum absolute atomic E-state index is 0.111. The molecule has 0 aromatic heterocycles. The number of amidine groups is 1. The Bertz CT molecular complexity index is 351. The molecule has 7 nitrogen and oxygen atoms in total. The highest BCUT2D eigenvalue weighted by Gasteiger charge is 2.27. The van der Waals surface area contributed by atoms with Crippen LogP contribution in [-0.4, -0.2) is 17.8 Å². The highest BCUT2D eigenvalue weighted by atomic mass is 16.2. The first kappa shape index (κ1) is 6.65. The van der Waals surface area contributed by atoms with Crippen molar-refractivity contribution in [2.75, 3.05) is 0 Å². The van der Waals surface area contributed by atoms with Gasteiger partial charge in [-0.3, -0.25) is 0 Å². The number of rotatable bonds is 0. The normalized spacial score (nSPS) is 20.8. The van der Waals surface area contributed by atoms with E-state index in [2.05, 4.69) is 20.6 Å². The summed E-state index contributed by atoms with van der Waals surface area (Å²) in [5.41, 5.74) is 11.0. The van der Waals surface area contributed by atoms with Gasteiger partial charge in [0.2, 0.25) is 5.96 Å². The lowest BCUT2D eigenvalue weighted by molar-refractivity contribution is 0.252. The van der Waals surface area contributed by atoms with Gasteiger partial charge in [-0.15, -0.1) is 0 Å². The number of nitrogens with zero attached hydrogens (tertiary/aromatic N) is 3. The summed E-state index contributed by atoms with van der Waals surface area (Å²) in [6.07, 6.45) is 0. The Labute approximate surface area is 67.2 Å². The second-order valence-electron chi connectivity index (χ2n) is 2.21. The number of urea groups is 1. The van der Waals surface area contributed by atoms with Crippen LogP contribution < -0.4 is 22.1 Å². The molecule has 0 saturated heterocycles. The van der Waals surface area contributed by atoms with Gasteiger partial charge in [0.25, 0.3) is 0 Å². The second-order valence-corrected chi connectivity index (χ2v) is 2.21. The average molecular weight is 165 g/mol. The number of hydrogen-bond donors (Lipinski definition) is 3. The van der Waals surface area contributed by atoms with Crippen LogP contribution in [-0.2, 0) is 0 Å². The maximum absolute atomic E-state index is 10.7. The Morgan fingerprint density at radius 3 is 2.75 bits per heavy atom. The predicted molar refractivity (Wildman–Crippen MR) is 40.9 cm³/mol. The Balaban J connectivity index is 2.48. The number of hydrogen-bond acceptors (Lipinski definition) is 5. The molecule has 0 spiro atoms.